The van der Waals surface area contributed by atoms with Crippen LogP contribution in [0.1, 0.15) is 83.1 Å². The summed E-state index contributed by atoms with van der Waals surface area (Å²) in [5.41, 5.74) is 0. The molecule has 0 bridgehead atoms. The first-order valence-electron chi connectivity index (χ1n) is 15.7. The molecule has 6 aliphatic rings. The molecule has 0 saturated heterocycles. The molecule has 6 aliphatic heterocycles. The zero-order chi connectivity index (χ0) is 33.8. The van der Waals surface area contributed by atoms with Gasteiger partial charge < -0.3 is 59.5 Å². The van der Waals surface area contributed by atoms with Gasteiger partial charge >= 0.3 is 59.4 Å². The van der Waals surface area contributed by atoms with Gasteiger partial charge in [0.05, 0.1) is 0 Å². The first-order chi connectivity index (χ1) is 21.5. The molecular formula is C36H72N12Os3. The van der Waals surface area contributed by atoms with Crippen molar-refractivity contribution in [3.8, 4) is 0 Å². The second kappa shape index (κ2) is 35.0. The van der Waals surface area contributed by atoms with Crippen LogP contribution in [0.25, 0.3) is 0 Å². The number of nitrogens with zero attached hydrogens (tertiary/aromatic N) is 12. The van der Waals surface area contributed by atoms with Gasteiger partial charge in [-0.1, -0.05) is 83.1 Å². The van der Waals surface area contributed by atoms with Crippen molar-refractivity contribution >= 4 is 0 Å². The minimum absolute atomic E-state index is 0. The topological polar surface area (TPSA) is 38.9 Å². The van der Waals surface area contributed by atoms with Crippen molar-refractivity contribution in [3.63, 3.8) is 0 Å². The summed E-state index contributed by atoms with van der Waals surface area (Å²) in [6.45, 7) is 24.8. The van der Waals surface area contributed by atoms with E-state index in [1.807, 2.05) is 216 Å². The molecule has 0 radical (unpaired) electrons. The molecule has 0 aliphatic carbocycles. The smallest absolute Gasteiger partial charge is 0.509 e. The third-order valence-electron chi connectivity index (χ3n) is 5.33. The average Bonchev–Trinajstić information content (AvgIpc) is 3.82. The summed E-state index contributed by atoms with van der Waals surface area (Å²) in [5, 5.41) is 12.0. The second-order valence-electron chi connectivity index (χ2n) is 10.9. The maximum Gasteiger partial charge on any atom is 2.00 e. The van der Waals surface area contributed by atoms with Crippen molar-refractivity contribution < 1.29 is 59.4 Å². The molecule has 51 heavy (non-hydrogen) atoms. The molecule has 12 nitrogen and oxygen atoms in total. The van der Waals surface area contributed by atoms with Gasteiger partial charge in [0.1, 0.15) is 0 Å². The predicted molar refractivity (Wildman–Crippen MR) is 206 cm³/mol. The number of hydrazine groups is 3. The average molecular weight is 1240 g/mol. The van der Waals surface area contributed by atoms with Crippen molar-refractivity contribution in [1.82, 2.24) is 59.5 Å². The van der Waals surface area contributed by atoms with Gasteiger partial charge in [-0.25, -0.2) is 0 Å². The van der Waals surface area contributed by atoms with Gasteiger partial charge in [-0.05, 0) is 79.5 Å². The molecule has 6 heterocycles. The van der Waals surface area contributed by atoms with Crippen molar-refractivity contribution in [2.75, 3.05) is 42.3 Å². The summed E-state index contributed by atoms with van der Waals surface area (Å²) in [7, 11) is 12.0. The fourth-order valence-electron chi connectivity index (χ4n) is 3.44. The molecule has 0 atom stereocenters. The molecule has 0 aromatic heterocycles. The monoisotopic (exact) mass is 1250 g/mol. The zero-order valence-electron chi connectivity index (χ0n) is 30.9. The molecular weight excluding hydrogens is 1170 g/mol. The summed E-state index contributed by atoms with van der Waals surface area (Å²) in [4.78, 5) is 12.0. The van der Waals surface area contributed by atoms with E-state index in [0.29, 0.717) is 0 Å². The van der Waals surface area contributed by atoms with E-state index < -0.39 is 0 Å². The Kier molecular flexibility index (Phi) is 41.9. The third kappa shape index (κ3) is 24.8. The first kappa shape index (κ1) is 61.0. The summed E-state index contributed by atoms with van der Waals surface area (Å²) >= 11 is 0. The van der Waals surface area contributed by atoms with Crippen LogP contribution in [-0.2, 0) is 59.4 Å². The first-order valence-corrected chi connectivity index (χ1v) is 15.7. The van der Waals surface area contributed by atoms with Gasteiger partial charge in [0.15, 0.2) is 0 Å². The van der Waals surface area contributed by atoms with Gasteiger partial charge in [0.25, 0.3) is 0 Å². The van der Waals surface area contributed by atoms with E-state index in [2.05, 4.69) is 41.5 Å². The van der Waals surface area contributed by atoms with Crippen LogP contribution in [0.4, 0.5) is 0 Å². The fourth-order valence-corrected chi connectivity index (χ4v) is 3.44. The standard InChI is InChI=1S/3C8H12N4.3C3H8.3CH4.3Os/c3*1-9-3-5-11(7-9)12-6-4-10(2)8-12;3*1-3-2;;;;;;/h3*3-8H,1-2H3;3*3H2,1-2H3;3*1H4;;;/q3*-2;;;;;;;3*+2. The van der Waals surface area contributed by atoms with Crippen LogP contribution in [0.3, 0.4) is 0 Å². The number of hydrogen-bond acceptors (Lipinski definition) is 12. The molecule has 0 N–H and O–H groups in total. The Hall–Kier alpha value is -2.05. The van der Waals surface area contributed by atoms with E-state index in [1.165, 1.54) is 19.3 Å². The van der Waals surface area contributed by atoms with Crippen molar-refractivity contribution in [1.29, 1.82) is 0 Å². The Morgan fingerprint density at radius 1 is 0.275 bits per heavy atom. The quantitative estimate of drug-likeness (QED) is 0.259. The van der Waals surface area contributed by atoms with Gasteiger partial charge in [-0.3, -0.25) is 0 Å². The fraction of sp³-hybridized carbons (Fsp3) is 0.500. The van der Waals surface area contributed by atoms with Gasteiger partial charge in [0, 0.05) is 37.2 Å². The molecule has 15 heteroatoms. The third-order valence-corrected chi connectivity index (χ3v) is 5.33. The molecule has 0 aromatic carbocycles. The van der Waals surface area contributed by atoms with Crippen LogP contribution in [0.15, 0.2) is 74.4 Å². The van der Waals surface area contributed by atoms with Crippen LogP contribution < -0.4 is 0 Å². The van der Waals surface area contributed by atoms with Crippen LogP contribution in [0.2, 0.25) is 0 Å². The van der Waals surface area contributed by atoms with Gasteiger partial charge in [-0.15, -0.1) is 40.0 Å². The normalized spacial score (nSPS) is 16.5. The van der Waals surface area contributed by atoms with Crippen molar-refractivity contribution in [2.45, 2.75) is 83.1 Å². The molecule has 0 aromatic rings. The second-order valence-corrected chi connectivity index (χ2v) is 10.9. The van der Waals surface area contributed by atoms with Gasteiger partial charge in [0.2, 0.25) is 0 Å². The summed E-state index contributed by atoms with van der Waals surface area (Å²) in [6.07, 6.45) is 27.8. The number of rotatable bonds is 3. The largest absolute Gasteiger partial charge is 2.00 e. The Balaban J connectivity index is -0.000000127. The van der Waals surface area contributed by atoms with E-state index in [-0.39, 0.29) is 81.7 Å². The molecule has 6 rings (SSSR count). The summed E-state index contributed by atoms with van der Waals surface area (Å²) < 4.78 is 0. The number of hydrogen-bond donors (Lipinski definition) is 0. The SMILES string of the molecule is C.C.C.CCC.CCC.CCC.CN1C=CN(N2C=CN(C)[CH-]2)[CH-]1.CN1C=CN(N2C=CN(C)[CH-]2)[CH-]1.CN1C=CN(N2C=CN(C)[CH-]2)[CH-]1.[Os+2].[Os+2].[Os+2]. The maximum absolute atomic E-state index is 2.12. The molecule has 300 valence electrons. The molecule has 0 spiro atoms. The van der Waals surface area contributed by atoms with E-state index in [1.54, 1.807) is 0 Å². The molecule has 0 amide bonds. The van der Waals surface area contributed by atoms with E-state index in [4.69, 9.17) is 0 Å². The minimum Gasteiger partial charge on any atom is -0.509 e. The Bertz CT molecular complexity index is 775. The summed E-state index contributed by atoms with van der Waals surface area (Å²) in [5.74, 6) is 0. The van der Waals surface area contributed by atoms with Crippen LogP contribution in [0, 0.1) is 40.0 Å². The molecule has 0 fully saturated rings. The Morgan fingerprint density at radius 3 is 0.431 bits per heavy atom. The zero-order valence-corrected chi connectivity index (χ0v) is 38.6. The van der Waals surface area contributed by atoms with E-state index in [0.717, 1.165) is 0 Å². The maximum atomic E-state index is 2.12. The van der Waals surface area contributed by atoms with Crippen molar-refractivity contribution in [3.05, 3.63) is 114 Å². The van der Waals surface area contributed by atoms with Crippen LogP contribution >= 0.6 is 0 Å². The molecule has 0 unspecified atom stereocenters. The van der Waals surface area contributed by atoms with Crippen LogP contribution in [-0.4, -0.2) is 102 Å². The molecule has 0 saturated carbocycles. The van der Waals surface area contributed by atoms with Crippen LogP contribution in [0.5, 0.6) is 0 Å². The van der Waals surface area contributed by atoms with Crippen molar-refractivity contribution in [2.24, 2.45) is 0 Å². The minimum atomic E-state index is 0. The van der Waals surface area contributed by atoms with Gasteiger partial charge in [-0.2, -0.15) is 0 Å². The van der Waals surface area contributed by atoms with E-state index >= 15 is 0 Å². The Morgan fingerprint density at radius 2 is 0.373 bits per heavy atom. The summed E-state index contributed by atoms with van der Waals surface area (Å²) in [6, 6.07) is 0. The predicted octanol–water partition coefficient (Wildman–Crippen LogP) is 7.88. The Labute approximate surface area is 356 Å². The van der Waals surface area contributed by atoms with E-state index in [9.17, 15) is 0 Å².